The number of anilines is 2. The van der Waals surface area contributed by atoms with Gasteiger partial charge in [-0.1, -0.05) is 0 Å². The summed E-state index contributed by atoms with van der Waals surface area (Å²) in [5, 5.41) is 4.22. The monoisotopic (exact) mass is 297 g/mol. The zero-order chi connectivity index (χ0) is 13.6. The highest BCUT2D eigenvalue weighted by molar-refractivity contribution is 7.91. The average molecular weight is 297 g/mol. The van der Waals surface area contributed by atoms with Crippen LogP contribution in [-0.4, -0.2) is 30.9 Å². The Bertz CT molecular complexity index is 737. The van der Waals surface area contributed by atoms with Gasteiger partial charge in [-0.05, 0) is 25.5 Å². The Labute approximate surface area is 115 Å². The summed E-state index contributed by atoms with van der Waals surface area (Å²) in [6, 6.07) is 3.75. The zero-order valence-electron chi connectivity index (χ0n) is 10.5. The Morgan fingerprint density at radius 1 is 1.47 bits per heavy atom. The Morgan fingerprint density at radius 2 is 2.26 bits per heavy atom. The van der Waals surface area contributed by atoms with Gasteiger partial charge in [0.25, 0.3) is 0 Å². The molecule has 1 unspecified atom stereocenters. The smallest absolute Gasteiger partial charge is 0.152 e. The standard InChI is InChI=1S/C12H15N3O2S2/c1-7-14-11-5-10(9(13)4-12(11)18-7)15-8-2-3-19(16,17)6-8/h4-5,8,15H,2-3,6,13H2,1H3. The molecule has 1 aromatic heterocycles. The highest BCUT2D eigenvalue weighted by Gasteiger charge is 2.28. The molecule has 3 N–H and O–H groups in total. The number of sulfone groups is 1. The van der Waals surface area contributed by atoms with Gasteiger partial charge in [0.05, 0.1) is 38.1 Å². The number of hydrogen-bond donors (Lipinski definition) is 2. The summed E-state index contributed by atoms with van der Waals surface area (Å²) in [6.07, 6.45) is 0.635. The second-order valence-electron chi connectivity index (χ2n) is 4.88. The molecule has 1 aliphatic rings. The van der Waals surface area contributed by atoms with Crippen LogP contribution in [0.15, 0.2) is 12.1 Å². The lowest BCUT2D eigenvalue weighted by Crippen LogP contribution is -2.21. The number of fused-ring (bicyclic) bond motifs is 1. The van der Waals surface area contributed by atoms with Crippen LogP contribution < -0.4 is 11.1 Å². The lowest BCUT2D eigenvalue weighted by molar-refractivity contribution is 0.602. The minimum absolute atomic E-state index is 0.0514. The van der Waals surface area contributed by atoms with Gasteiger partial charge in [0, 0.05) is 6.04 Å². The quantitative estimate of drug-likeness (QED) is 0.825. The van der Waals surface area contributed by atoms with Crippen LogP contribution in [0.1, 0.15) is 11.4 Å². The van der Waals surface area contributed by atoms with E-state index >= 15 is 0 Å². The van der Waals surface area contributed by atoms with Gasteiger partial charge in [0.15, 0.2) is 9.84 Å². The van der Waals surface area contributed by atoms with Gasteiger partial charge in [0.2, 0.25) is 0 Å². The molecule has 0 amide bonds. The van der Waals surface area contributed by atoms with Gasteiger partial charge in [-0.25, -0.2) is 13.4 Å². The van der Waals surface area contributed by atoms with Crippen molar-refractivity contribution < 1.29 is 8.42 Å². The molecule has 2 aromatic rings. The Kier molecular flexibility index (Phi) is 2.90. The van der Waals surface area contributed by atoms with E-state index in [0.717, 1.165) is 20.9 Å². The van der Waals surface area contributed by atoms with E-state index in [9.17, 15) is 8.42 Å². The Hall–Kier alpha value is -1.34. The number of nitrogens with one attached hydrogen (secondary N) is 1. The second kappa shape index (κ2) is 4.35. The van der Waals surface area contributed by atoms with Crippen molar-refractivity contribution in [2.45, 2.75) is 19.4 Å². The van der Waals surface area contributed by atoms with Crippen molar-refractivity contribution in [3.8, 4) is 0 Å². The van der Waals surface area contributed by atoms with Crippen molar-refractivity contribution in [1.82, 2.24) is 4.98 Å². The Morgan fingerprint density at radius 3 is 2.95 bits per heavy atom. The predicted octanol–water partition coefficient (Wildman–Crippen LogP) is 1.79. The summed E-state index contributed by atoms with van der Waals surface area (Å²) in [5.41, 5.74) is 8.33. The number of nitrogens with two attached hydrogens (primary N) is 1. The highest BCUT2D eigenvalue weighted by atomic mass is 32.2. The number of aryl methyl sites for hydroxylation is 1. The molecular formula is C12H15N3O2S2. The fraction of sp³-hybridized carbons (Fsp3) is 0.417. The number of aromatic nitrogens is 1. The maximum absolute atomic E-state index is 11.4. The molecule has 1 saturated heterocycles. The van der Waals surface area contributed by atoms with Crippen molar-refractivity contribution in [1.29, 1.82) is 0 Å². The second-order valence-corrected chi connectivity index (χ2v) is 8.35. The molecular weight excluding hydrogens is 282 g/mol. The summed E-state index contributed by atoms with van der Waals surface area (Å²) in [7, 11) is -2.88. The summed E-state index contributed by atoms with van der Waals surface area (Å²) in [5.74, 6) is 0.434. The first kappa shape index (κ1) is 12.7. The lowest BCUT2D eigenvalue weighted by atomic mass is 10.2. The number of rotatable bonds is 2. The summed E-state index contributed by atoms with van der Waals surface area (Å²) in [6.45, 7) is 1.96. The molecule has 0 bridgehead atoms. The van der Waals surface area contributed by atoms with Crippen molar-refractivity contribution in [2.75, 3.05) is 22.6 Å². The SMILES string of the molecule is Cc1nc2cc(NC3CCS(=O)(=O)C3)c(N)cc2s1. The molecule has 1 fully saturated rings. The van der Waals surface area contributed by atoms with Gasteiger partial charge in [-0.15, -0.1) is 11.3 Å². The average Bonchev–Trinajstić information content (AvgIpc) is 2.81. The third-order valence-electron chi connectivity index (χ3n) is 3.26. The van der Waals surface area contributed by atoms with Crippen molar-refractivity contribution >= 4 is 42.8 Å². The molecule has 3 rings (SSSR count). The minimum Gasteiger partial charge on any atom is -0.397 e. The van der Waals surface area contributed by atoms with E-state index in [1.165, 1.54) is 0 Å². The summed E-state index contributed by atoms with van der Waals surface area (Å²) in [4.78, 5) is 4.42. The van der Waals surface area contributed by atoms with E-state index < -0.39 is 9.84 Å². The number of thiazole rings is 1. The summed E-state index contributed by atoms with van der Waals surface area (Å²) < 4.78 is 24.0. The van der Waals surface area contributed by atoms with E-state index in [4.69, 9.17) is 5.73 Å². The molecule has 5 nitrogen and oxygen atoms in total. The maximum Gasteiger partial charge on any atom is 0.152 e. The van der Waals surface area contributed by atoms with Crippen LogP contribution in [-0.2, 0) is 9.84 Å². The molecule has 1 atom stereocenters. The highest BCUT2D eigenvalue weighted by Crippen LogP contribution is 2.31. The summed E-state index contributed by atoms with van der Waals surface area (Å²) >= 11 is 1.60. The van der Waals surface area contributed by atoms with Crippen LogP contribution in [0, 0.1) is 6.92 Å². The van der Waals surface area contributed by atoms with Crippen LogP contribution in [0.3, 0.4) is 0 Å². The molecule has 0 radical (unpaired) electrons. The largest absolute Gasteiger partial charge is 0.397 e. The first-order chi connectivity index (χ1) is 8.93. The Balaban J connectivity index is 1.90. The fourth-order valence-electron chi connectivity index (χ4n) is 2.36. The van der Waals surface area contributed by atoms with E-state index in [2.05, 4.69) is 10.3 Å². The van der Waals surface area contributed by atoms with Crippen molar-refractivity contribution in [3.05, 3.63) is 17.1 Å². The van der Waals surface area contributed by atoms with E-state index in [1.54, 1.807) is 11.3 Å². The van der Waals surface area contributed by atoms with Crippen LogP contribution in [0.2, 0.25) is 0 Å². The minimum atomic E-state index is -2.88. The number of hydrogen-bond acceptors (Lipinski definition) is 6. The molecule has 0 aliphatic carbocycles. The molecule has 0 saturated carbocycles. The predicted molar refractivity (Wildman–Crippen MR) is 79.5 cm³/mol. The lowest BCUT2D eigenvalue weighted by Gasteiger charge is -2.14. The normalized spacial score (nSPS) is 21.8. The van der Waals surface area contributed by atoms with Crippen molar-refractivity contribution in [3.63, 3.8) is 0 Å². The molecule has 7 heteroatoms. The topological polar surface area (TPSA) is 85.1 Å². The third kappa shape index (κ3) is 2.52. The fourth-order valence-corrected chi connectivity index (χ4v) is 4.89. The molecule has 1 aliphatic heterocycles. The first-order valence-electron chi connectivity index (χ1n) is 6.06. The molecule has 0 spiro atoms. The van der Waals surface area contributed by atoms with Gasteiger partial charge in [0.1, 0.15) is 0 Å². The first-order valence-corrected chi connectivity index (χ1v) is 8.70. The molecule has 2 heterocycles. The molecule has 1 aromatic carbocycles. The number of benzene rings is 1. The van der Waals surface area contributed by atoms with E-state index in [0.29, 0.717) is 12.1 Å². The van der Waals surface area contributed by atoms with E-state index in [1.807, 2.05) is 19.1 Å². The van der Waals surface area contributed by atoms with Gasteiger partial charge < -0.3 is 11.1 Å². The number of nitrogens with zero attached hydrogens (tertiary/aromatic N) is 1. The zero-order valence-corrected chi connectivity index (χ0v) is 12.1. The third-order valence-corrected chi connectivity index (χ3v) is 5.96. The van der Waals surface area contributed by atoms with Crippen LogP contribution in [0.25, 0.3) is 10.2 Å². The van der Waals surface area contributed by atoms with Crippen LogP contribution in [0.4, 0.5) is 11.4 Å². The van der Waals surface area contributed by atoms with Crippen LogP contribution >= 0.6 is 11.3 Å². The van der Waals surface area contributed by atoms with E-state index in [-0.39, 0.29) is 17.5 Å². The van der Waals surface area contributed by atoms with Crippen molar-refractivity contribution in [2.24, 2.45) is 0 Å². The molecule has 19 heavy (non-hydrogen) atoms. The number of nitrogen functional groups attached to an aromatic ring is 1. The maximum atomic E-state index is 11.4. The molecule has 102 valence electrons. The van der Waals surface area contributed by atoms with Gasteiger partial charge in [-0.2, -0.15) is 0 Å². The van der Waals surface area contributed by atoms with Crippen LogP contribution in [0.5, 0.6) is 0 Å². The van der Waals surface area contributed by atoms with Gasteiger partial charge >= 0.3 is 0 Å². The van der Waals surface area contributed by atoms with Gasteiger partial charge in [-0.3, -0.25) is 0 Å².